The van der Waals surface area contributed by atoms with Gasteiger partial charge in [0.25, 0.3) is 0 Å². The Morgan fingerprint density at radius 2 is 1.76 bits per heavy atom. The number of carbonyl (C=O) groups is 2. The summed E-state index contributed by atoms with van der Waals surface area (Å²) in [6.45, 7) is 1.96. The van der Waals surface area contributed by atoms with Crippen molar-refractivity contribution in [2.24, 2.45) is 10.2 Å². The van der Waals surface area contributed by atoms with Crippen molar-refractivity contribution >= 4 is 46.3 Å². The fourth-order valence-corrected chi connectivity index (χ4v) is 4.69. The highest BCUT2D eigenvalue weighted by Crippen LogP contribution is 2.35. The molecule has 37 heavy (non-hydrogen) atoms. The predicted molar refractivity (Wildman–Crippen MR) is 146 cm³/mol. The zero-order chi connectivity index (χ0) is 26.4. The number of anilines is 2. The summed E-state index contributed by atoms with van der Waals surface area (Å²) < 4.78 is 10.6. The Bertz CT molecular complexity index is 1340. The average molecular weight is 519 g/mol. The molecule has 0 bridgehead atoms. The van der Waals surface area contributed by atoms with Gasteiger partial charge in [0.05, 0.1) is 26.1 Å². The van der Waals surface area contributed by atoms with Gasteiger partial charge in [0.2, 0.25) is 11.8 Å². The minimum Gasteiger partial charge on any atom is -0.508 e. The van der Waals surface area contributed by atoms with Gasteiger partial charge in [-0.15, -0.1) is 5.10 Å². The Hall–Kier alpha value is -4.31. The smallest absolute Gasteiger partial charge is 0.247 e. The molecule has 1 atom stereocenters. The van der Waals surface area contributed by atoms with Crippen LogP contribution in [0.5, 0.6) is 17.2 Å². The molecular weight excluding hydrogens is 492 g/mol. The van der Waals surface area contributed by atoms with Gasteiger partial charge in [-0.1, -0.05) is 29.5 Å². The van der Waals surface area contributed by atoms with E-state index in [1.54, 1.807) is 44.6 Å². The number of aryl methyl sites for hydroxylation is 1. The van der Waals surface area contributed by atoms with Gasteiger partial charge in [0.15, 0.2) is 16.7 Å². The lowest BCUT2D eigenvalue weighted by molar-refractivity contribution is -0.121. The molecule has 2 N–H and O–H groups in total. The topological polar surface area (TPSA) is 113 Å². The average Bonchev–Trinajstić information content (AvgIpc) is 3.20. The summed E-state index contributed by atoms with van der Waals surface area (Å²) in [4.78, 5) is 27.4. The number of hydrogen-bond donors (Lipinski definition) is 2. The Labute approximate surface area is 218 Å². The molecule has 0 spiro atoms. The van der Waals surface area contributed by atoms with Gasteiger partial charge in [0.1, 0.15) is 11.0 Å². The molecule has 0 aliphatic carbocycles. The predicted octanol–water partition coefficient (Wildman–Crippen LogP) is 4.59. The van der Waals surface area contributed by atoms with Gasteiger partial charge in [-0.2, -0.15) is 5.10 Å². The molecular formula is C27H26N4O5S. The second-order valence-electron chi connectivity index (χ2n) is 8.16. The second-order valence-corrected chi connectivity index (χ2v) is 9.33. The number of amides is 2. The fourth-order valence-electron chi connectivity index (χ4n) is 3.60. The number of nitrogens with zero attached hydrogens (tertiary/aromatic N) is 3. The molecule has 0 aromatic heterocycles. The van der Waals surface area contributed by atoms with Crippen LogP contribution in [0.1, 0.15) is 17.5 Å². The summed E-state index contributed by atoms with van der Waals surface area (Å²) in [5.74, 6) is 0.635. The van der Waals surface area contributed by atoms with E-state index in [0.29, 0.717) is 28.0 Å². The van der Waals surface area contributed by atoms with Crippen LogP contribution in [0.4, 0.5) is 11.4 Å². The Morgan fingerprint density at radius 3 is 2.43 bits per heavy atom. The highest BCUT2D eigenvalue weighted by molar-refractivity contribution is 8.16. The zero-order valence-electron chi connectivity index (χ0n) is 20.5. The maximum Gasteiger partial charge on any atom is 0.247 e. The molecule has 1 fully saturated rings. The van der Waals surface area contributed by atoms with E-state index in [4.69, 9.17) is 9.47 Å². The van der Waals surface area contributed by atoms with Crippen LogP contribution in [0.15, 0.2) is 76.9 Å². The molecule has 0 radical (unpaired) electrons. The number of aromatic hydroxyl groups is 1. The first kappa shape index (κ1) is 25.8. The van der Waals surface area contributed by atoms with Crippen LogP contribution >= 0.6 is 11.8 Å². The highest BCUT2D eigenvalue weighted by atomic mass is 32.2. The molecule has 9 nitrogen and oxygen atoms in total. The van der Waals surface area contributed by atoms with Gasteiger partial charge in [-0.3, -0.25) is 14.5 Å². The number of carbonyl (C=O) groups excluding carboxylic acids is 2. The van der Waals surface area contributed by atoms with E-state index < -0.39 is 5.25 Å². The minimum absolute atomic E-state index is 0.0373. The number of ether oxygens (including phenoxy) is 2. The molecule has 1 aliphatic rings. The third-order valence-corrected chi connectivity index (χ3v) is 6.63. The fraction of sp³-hybridized carbons (Fsp3) is 0.185. The minimum atomic E-state index is -0.686. The van der Waals surface area contributed by atoms with Crippen LogP contribution < -0.4 is 19.7 Å². The van der Waals surface area contributed by atoms with Crippen molar-refractivity contribution < 1.29 is 24.2 Å². The molecule has 2 amide bonds. The first-order valence-electron chi connectivity index (χ1n) is 11.4. The largest absolute Gasteiger partial charge is 0.508 e. The van der Waals surface area contributed by atoms with Crippen LogP contribution in [-0.2, 0) is 9.59 Å². The number of methoxy groups -OCH3 is 2. The van der Waals surface area contributed by atoms with Crippen molar-refractivity contribution in [1.29, 1.82) is 0 Å². The number of phenolic OH excluding ortho intramolecular Hbond substituents is 1. The number of phenols is 1. The van der Waals surface area contributed by atoms with Gasteiger partial charge in [0, 0.05) is 12.1 Å². The molecule has 4 rings (SSSR count). The summed E-state index contributed by atoms with van der Waals surface area (Å²) in [7, 11) is 3.10. The van der Waals surface area contributed by atoms with E-state index in [1.165, 1.54) is 23.2 Å². The number of thioether (sulfide) groups is 1. The van der Waals surface area contributed by atoms with Crippen LogP contribution in [0.25, 0.3) is 0 Å². The van der Waals surface area contributed by atoms with E-state index in [2.05, 4.69) is 15.5 Å². The summed E-state index contributed by atoms with van der Waals surface area (Å²) in [5, 5.41) is 20.6. The van der Waals surface area contributed by atoms with Crippen molar-refractivity contribution in [2.45, 2.75) is 18.6 Å². The van der Waals surface area contributed by atoms with E-state index in [0.717, 1.165) is 22.9 Å². The van der Waals surface area contributed by atoms with Gasteiger partial charge in [-0.25, -0.2) is 0 Å². The summed E-state index contributed by atoms with van der Waals surface area (Å²) in [6, 6.07) is 18.9. The third kappa shape index (κ3) is 6.28. The molecule has 1 unspecified atom stereocenters. The van der Waals surface area contributed by atoms with Crippen molar-refractivity contribution in [3.05, 3.63) is 77.9 Å². The van der Waals surface area contributed by atoms with Gasteiger partial charge < -0.3 is 19.9 Å². The van der Waals surface area contributed by atoms with E-state index in [-0.39, 0.29) is 24.0 Å². The second kappa shape index (κ2) is 11.6. The first-order chi connectivity index (χ1) is 17.9. The Kier molecular flexibility index (Phi) is 8.09. The molecule has 3 aromatic carbocycles. The Balaban J connectivity index is 1.55. The maximum absolute atomic E-state index is 13.3. The van der Waals surface area contributed by atoms with E-state index in [9.17, 15) is 14.7 Å². The molecule has 1 saturated heterocycles. The molecule has 10 heteroatoms. The Morgan fingerprint density at radius 1 is 1.05 bits per heavy atom. The molecule has 190 valence electrons. The van der Waals surface area contributed by atoms with Crippen molar-refractivity contribution in [3.63, 3.8) is 0 Å². The van der Waals surface area contributed by atoms with E-state index >= 15 is 0 Å². The normalized spacial score (nSPS) is 16.4. The van der Waals surface area contributed by atoms with Crippen molar-refractivity contribution in [2.75, 3.05) is 24.4 Å². The zero-order valence-corrected chi connectivity index (χ0v) is 21.4. The number of hydrogen-bond acceptors (Lipinski definition) is 8. The summed E-state index contributed by atoms with van der Waals surface area (Å²) in [5.41, 5.74) is 2.98. The lowest BCUT2D eigenvalue weighted by atomic mass is 10.2. The van der Waals surface area contributed by atoms with Gasteiger partial charge >= 0.3 is 0 Å². The van der Waals surface area contributed by atoms with Crippen LogP contribution in [0, 0.1) is 6.92 Å². The standard InChI is InChI=1S/C27H26N4O5S/c1-17-4-7-19(8-5-17)29-25(33)15-24-26(34)31(20-9-11-21(32)12-10-20)27(37-24)30-28-16-18-6-13-22(35-2)23(14-18)36-3/h4-14,16,24,32H,15H2,1-3H3,(H,29,33). The van der Waals surface area contributed by atoms with Crippen LogP contribution in [-0.4, -0.2) is 47.8 Å². The first-order valence-corrected chi connectivity index (χ1v) is 12.2. The summed E-state index contributed by atoms with van der Waals surface area (Å²) >= 11 is 1.16. The monoisotopic (exact) mass is 518 g/mol. The SMILES string of the molecule is COc1ccc(C=NN=C2SC(CC(=O)Nc3ccc(C)cc3)C(=O)N2c2ccc(O)cc2)cc1OC. The quantitative estimate of drug-likeness (QED) is 0.333. The third-order valence-electron chi connectivity index (χ3n) is 5.51. The maximum atomic E-state index is 13.3. The highest BCUT2D eigenvalue weighted by Gasteiger charge is 2.40. The summed E-state index contributed by atoms with van der Waals surface area (Å²) in [6.07, 6.45) is 1.50. The van der Waals surface area contributed by atoms with E-state index in [1.807, 2.05) is 31.2 Å². The lowest BCUT2D eigenvalue weighted by Crippen LogP contribution is -2.33. The number of rotatable bonds is 8. The molecule has 1 aliphatic heterocycles. The number of amidine groups is 1. The van der Waals surface area contributed by atoms with Crippen molar-refractivity contribution in [3.8, 4) is 17.2 Å². The molecule has 3 aromatic rings. The van der Waals surface area contributed by atoms with Crippen LogP contribution in [0.2, 0.25) is 0 Å². The van der Waals surface area contributed by atoms with Gasteiger partial charge in [-0.05, 0) is 67.1 Å². The lowest BCUT2D eigenvalue weighted by Gasteiger charge is -2.16. The van der Waals surface area contributed by atoms with Crippen LogP contribution in [0.3, 0.4) is 0 Å². The molecule has 0 saturated carbocycles. The van der Waals surface area contributed by atoms with Crippen molar-refractivity contribution in [1.82, 2.24) is 0 Å². The number of benzene rings is 3. The molecule has 1 heterocycles. The number of nitrogens with one attached hydrogen (secondary N) is 1.